The van der Waals surface area contributed by atoms with Crippen molar-refractivity contribution in [1.29, 1.82) is 0 Å². The van der Waals surface area contributed by atoms with E-state index in [1.165, 1.54) is 18.5 Å². The summed E-state index contributed by atoms with van der Waals surface area (Å²) >= 11 is 1.65. The molecule has 2 aromatic heterocycles. The molecule has 1 N–H and O–H groups in total. The first-order valence-electron chi connectivity index (χ1n) is 8.61. The Morgan fingerprint density at radius 2 is 1.93 bits per heavy atom. The van der Waals surface area contributed by atoms with Crippen LogP contribution in [0.15, 0.2) is 64.5 Å². The van der Waals surface area contributed by atoms with E-state index in [0.29, 0.717) is 23.0 Å². The van der Waals surface area contributed by atoms with Crippen LogP contribution in [0.4, 0.5) is 4.39 Å². The highest BCUT2D eigenvalue weighted by molar-refractivity contribution is 7.98. The maximum absolute atomic E-state index is 13.4. The molecule has 8 heteroatoms. The van der Waals surface area contributed by atoms with E-state index in [2.05, 4.69) is 10.4 Å². The largest absolute Gasteiger partial charge is 0.350 e. The lowest BCUT2D eigenvalue weighted by Gasteiger charge is -2.08. The van der Waals surface area contributed by atoms with Gasteiger partial charge in [0.25, 0.3) is 5.56 Å². The second-order valence-electron chi connectivity index (χ2n) is 6.32. The third kappa shape index (κ3) is 3.50. The molecule has 0 saturated carbocycles. The van der Waals surface area contributed by atoms with Gasteiger partial charge in [-0.1, -0.05) is 12.1 Å². The molecule has 1 amide bonds. The van der Waals surface area contributed by atoms with Gasteiger partial charge in [0.05, 0.1) is 5.52 Å². The third-order valence-corrected chi connectivity index (χ3v) is 5.25. The van der Waals surface area contributed by atoms with Crippen LogP contribution in [0.5, 0.6) is 0 Å². The van der Waals surface area contributed by atoms with Gasteiger partial charge < -0.3 is 5.32 Å². The molecule has 2 aromatic carbocycles. The Morgan fingerprint density at radius 1 is 1.14 bits per heavy atom. The number of benzene rings is 2. The quantitative estimate of drug-likeness (QED) is 0.527. The Kier molecular flexibility index (Phi) is 4.87. The van der Waals surface area contributed by atoms with Gasteiger partial charge in [0.15, 0.2) is 0 Å². The minimum atomic E-state index is -0.404. The average Bonchev–Trinajstić information content (AvgIpc) is 3.07. The molecule has 28 heavy (non-hydrogen) atoms. The van der Waals surface area contributed by atoms with Crippen LogP contribution < -0.4 is 10.9 Å². The fourth-order valence-corrected chi connectivity index (χ4v) is 3.45. The SMILES string of the molecule is CSc1ccc(CNC(=O)Cn2ncn3c(cc4cc(F)ccc43)c2=O)cc1. The van der Waals surface area contributed by atoms with Crippen molar-refractivity contribution in [2.24, 2.45) is 0 Å². The molecule has 142 valence electrons. The van der Waals surface area contributed by atoms with E-state index in [-0.39, 0.29) is 18.3 Å². The second kappa shape index (κ2) is 7.47. The first-order chi connectivity index (χ1) is 13.5. The van der Waals surface area contributed by atoms with E-state index in [9.17, 15) is 14.0 Å². The Labute approximate surface area is 164 Å². The Hall–Kier alpha value is -3.13. The van der Waals surface area contributed by atoms with E-state index in [1.54, 1.807) is 28.3 Å². The summed E-state index contributed by atoms with van der Waals surface area (Å²) in [7, 11) is 0. The molecule has 0 atom stereocenters. The lowest BCUT2D eigenvalue weighted by Crippen LogP contribution is -2.33. The number of nitrogens with zero attached hydrogens (tertiary/aromatic N) is 3. The van der Waals surface area contributed by atoms with Crippen LogP contribution in [0.25, 0.3) is 16.4 Å². The maximum atomic E-state index is 13.4. The zero-order valence-electron chi connectivity index (χ0n) is 15.1. The molecule has 2 heterocycles. The molecular formula is C20H17FN4O2S. The number of fused-ring (bicyclic) bond motifs is 3. The van der Waals surface area contributed by atoms with Crippen LogP contribution in [0.2, 0.25) is 0 Å². The first kappa shape index (κ1) is 18.2. The summed E-state index contributed by atoms with van der Waals surface area (Å²) in [6.07, 6.45) is 3.47. The molecule has 4 rings (SSSR count). The zero-order chi connectivity index (χ0) is 19.7. The predicted molar refractivity (Wildman–Crippen MR) is 107 cm³/mol. The number of thioether (sulfide) groups is 1. The van der Waals surface area contributed by atoms with Crippen LogP contribution in [0.1, 0.15) is 5.56 Å². The minimum absolute atomic E-state index is 0.186. The minimum Gasteiger partial charge on any atom is -0.350 e. The smallest absolute Gasteiger partial charge is 0.291 e. The highest BCUT2D eigenvalue weighted by Crippen LogP contribution is 2.18. The number of hydrogen-bond donors (Lipinski definition) is 1. The summed E-state index contributed by atoms with van der Waals surface area (Å²) in [4.78, 5) is 26.1. The van der Waals surface area contributed by atoms with Gasteiger partial charge in [0, 0.05) is 16.8 Å². The Morgan fingerprint density at radius 3 is 2.68 bits per heavy atom. The van der Waals surface area contributed by atoms with Crippen LogP contribution in [-0.2, 0) is 17.9 Å². The third-order valence-electron chi connectivity index (χ3n) is 4.50. The molecule has 0 spiro atoms. The van der Waals surface area contributed by atoms with Crippen molar-refractivity contribution in [3.05, 3.63) is 76.6 Å². The summed E-state index contributed by atoms with van der Waals surface area (Å²) < 4.78 is 16.1. The monoisotopic (exact) mass is 396 g/mol. The number of hydrogen-bond acceptors (Lipinski definition) is 4. The fraction of sp³-hybridized carbons (Fsp3) is 0.150. The van der Waals surface area contributed by atoms with Gasteiger partial charge in [-0.15, -0.1) is 11.8 Å². The molecule has 4 aromatic rings. The van der Waals surface area contributed by atoms with E-state index >= 15 is 0 Å². The molecule has 0 aliphatic heterocycles. The second-order valence-corrected chi connectivity index (χ2v) is 7.20. The molecule has 0 radical (unpaired) electrons. The standard InChI is InChI=1S/C20H17FN4O2S/c1-28-16-5-2-13(3-6-16)10-22-19(26)11-25-20(27)18-9-14-8-15(21)4-7-17(14)24(18)12-23-25/h2-9,12H,10-11H2,1H3,(H,22,26). The average molecular weight is 396 g/mol. The summed E-state index contributed by atoms with van der Waals surface area (Å²) in [6.45, 7) is 0.187. The predicted octanol–water partition coefficient (Wildman–Crippen LogP) is 2.83. The number of carbonyl (C=O) groups is 1. The van der Waals surface area contributed by atoms with Crippen molar-refractivity contribution >= 4 is 34.1 Å². The van der Waals surface area contributed by atoms with Gasteiger partial charge in [0.1, 0.15) is 24.2 Å². The zero-order valence-corrected chi connectivity index (χ0v) is 15.9. The van der Waals surface area contributed by atoms with Crippen LogP contribution in [0.3, 0.4) is 0 Å². The number of nitrogens with one attached hydrogen (secondary N) is 1. The summed E-state index contributed by atoms with van der Waals surface area (Å²) in [5.74, 6) is -0.684. The van der Waals surface area contributed by atoms with Crippen LogP contribution in [0, 0.1) is 5.82 Å². The van der Waals surface area contributed by atoms with Gasteiger partial charge >= 0.3 is 0 Å². The summed E-state index contributed by atoms with van der Waals surface area (Å²) in [6, 6.07) is 13.8. The van der Waals surface area contributed by atoms with Gasteiger partial charge in [0.2, 0.25) is 5.91 Å². The fourth-order valence-electron chi connectivity index (χ4n) is 3.04. The highest BCUT2D eigenvalue weighted by Gasteiger charge is 2.12. The van der Waals surface area contributed by atoms with E-state index in [4.69, 9.17) is 0 Å². The molecule has 0 aliphatic rings. The van der Waals surface area contributed by atoms with Crippen molar-refractivity contribution in [1.82, 2.24) is 19.5 Å². The lowest BCUT2D eigenvalue weighted by molar-refractivity contribution is -0.122. The lowest BCUT2D eigenvalue weighted by atomic mass is 10.2. The summed E-state index contributed by atoms with van der Waals surface area (Å²) in [5.41, 5.74) is 1.60. The van der Waals surface area contributed by atoms with Crippen molar-refractivity contribution in [2.45, 2.75) is 18.0 Å². The first-order valence-corrected chi connectivity index (χ1v) is 9.84. The van der Waals surface area contributed by atoms with Crippen molar-refractivity contribution in [2.75, 3.05) is 6.26 Å². The van der Waals surface area contributed by atoms with Crippen LogP contribution in [-0.4, -0.2) is 26.3 Å². The summed E-state index contributed by atoms with van der Waals surface area (Å²) in [5, 5.41) is 7.48. The molecule has 6 nitrogen and oxygen atoms in total. The molecule has 0 fully saturated rings. The highest BCUT2D eigenvalue weighted by atomic mass is 32.2. The van der Waals surface area contributed by atoms with Crippen molar-refractivity contribution in [3.63, 3.8) is 0 Å². The van der Waals surface area contributed by atoms with Crippen molar-refractivity contribution < 1.29 is 9.18 Å². The Bertz CT molecular complexity index is 1230. The molecule has 0 aliphatic carbocycles. The van der Waals surface area contributed by atoms with Crippen molar-refractivity contribution in [3.8, 4) is 0 Å². The Balaban J connectivity index is 1.52. The number of amides is 1. The number of carbonyl (C=O) groups excluding carboxylic acids is 1. The normalized spacial score (nSPS) is 11.2. The number of halogens is 1. The van der Waals surface area contributed by atoms with Gasteiger partial charge in [-0.25, -0.2) is 9.07 Å². The van der Waals surface area contributed by atoms with E-state index in [0.717, 1.165) is 15.1 Å². The number of aromatic nitrogens is 3. The maximum Gasteiger partial charge on any atom is 0.291 e. The van der Waals surface area contributed by atoms with Gasteiger partial charge in [-0.3, -0.25) is 14.0 Å². The van der Waals surface area contributed by atoms with E-state index < -0.39 is 5.56 Å². The van der Waals surface area contributed by atoms with Gasteiger partial charge in [-0.2, -0.15) is 5.10 Å². The van der Waals surface area contributed by atoms with Gasteiger partial charge in [-0.05, 0) is 48.2 Å². The molecule has 0 unspecified atom stereocenters. The molecule has 0 bridgehead atoms. The van der Waals surface area contributed by atoms with E-state index in [1.807, 2.05) is 30.5 Å². The molecule has 0 saturated heterocycles. The topological polar surface area (TPSA) is 68.4 Å². The number of rotatable bonds is 5. The van der Waals surface area contributed by atoms with Crippen LogP contribution >= 0.6 is 11.8 Å². The molecular weight excluding hydrogens is 379 g/mol.